The van der Waals surface area contributed by atoms with Gasteiger partial charge in [0.1, 0.15) is 0 Å². The van der Waals surface area contributed by atoms with Crippen LogP contribution in [-0.2, 0) is 4.74 Å². The molecule has 74 valence electrons. The lowest BCUT2D eigenvalue weighted by Gasteiger charge is -2.07. The number of hydrogen-bond donors (Lipinski definition) is 1. The maximum Gasteiger partial charge on any atom is 0.0480 e. The highest BCUT2D eigenvalue weighted by Crippen LogP contribution is 2.03. The molecular weight excluding hydrogens is 150 g/mol. The molecule has 2 nitrogen and oxygen atoms in total. The first-order valence-electron chi connectivity index (χ1n) is 4.96. The van der Waals surface area contributed by atoms with Crippen molar-refractivity contribution in [1.29, 1.82) is 0 Å². The number of hydrogen-bond acceptors (Lipinski definition) is 2. The molecule has 0 aliphatic heterocycles. The van der Waals surface area contributed by atoms with Crippen LogP contribution in [0, 0.1) is 5.92 Å². The Kier molecular flexibility index (Phi) is 7.51. The van der Waals surface area contributed by atoms with Crippen molar-refractivity contribution in [3.63, 3.8) is 0 Å². The topological polar surface area (TPSA) is 35.2 Å². The van der Waals surface area contributed by atoms with Crippen molar-refractivity contribution in [2.24, 2.45) is 11.7 Å². The van der Waals surface area contributed by atoms with Crippen LogP contribution in [0.2, 0.25) is 0 Å². The Labute approximate surface area is 76.5 Å². The highest BCUT2D eigenvalue weighted by Gasteiger charge is 1.95. The average molecular weight is 173 g/mol. The molecule has 0 saturated heterocycles. The lowest BCUT2D eigenvalue weighted by molar-refractivity contribution is 0.122. The fraction of sp³-hybridized carbons (Fsp3) is 1.00. The van der Waals surface area contributed by atoms with Gasteiger partial charge in [-0.05, 0) is 32.1 Å². The van der Waals surface area contributed by atoms with Crippen LogP contribution in [0.15, 0.2) is 0 Å². The van der Waals surface area contributed by atoms with Crippen molar-refractivity contribution < 1.29 is 4.74 Å². The van der Waals surface area contributed by atoms with E-state index in [1.165, 1.54) is 12.8 Å². The van der Waals surface area contributed by atoms with Crippen molar-refractivity contribution in [2.45, 2.75) is 46.1 Å². The Balaban J connectivity index is 2.91. The van der Waals surface area contributed by atoms with E-state index in [9.17, 15) is 0 Å². The predicted molar refractivity (Wildman–Crippen MR) is 53.2 cm³/mol. The van der Waals surface area contributed by atoms with Gasteiger partial charge in [-0.3, -0.25) is 0 Å². The quantitative estimate of drug-likeness (QED) is 0.599. The van der Waals surface area contributed by atoms with Gasteiger partial charge in [0, 0.05) is 19.3 Å². The van der Waals surface area contributed by atoms with Crippen LogP contribution in [0.25, 0.3) is 0 Å². The van der Waals surface area contributed by atoms with Gasteiger partial charge in [-0.1, -0.05) is 13.8 Å². The zero-order chi connectivity index (χ0) is 9.40. The average Bonchev–Trinajstić information content (AvgIpc) is 1.95. The summed E-state index contributed by atoms with van der Waals surface area (Å²) in [6, 6.07) is 0.273. The van der Waals surface area contributed by atoms with Crippen molar-refractivity contribution >= 4 is 0 Å². The molecule has 12 heavy (non-hydrogen) atoms. The molecule has 0 aromatic carbocycles. The fourth-order valence-electron chi connectivity index (χ4n) is 0.965. The molecule has 0 fully saturated rings. The lowest BCUT2D eigenvalue weighted by atomic mass is 10.1. The van der Waals surface area contributed by atoms with Crippen LogP contribution >= 0.6 is 0 Å². The zero-order valence-corrected chi connectivity index (χ0v) is 8.68. The molecule has 0 saturated carbocycles. The molecule has 1 atom stereocenters. The van der Waals surface area contributed by atoms with E-state index in [2.05, 4.69) is 13.8 Å². The van der Waals surface area contributed by atoms with Gasteiger partial charge in [0.15, 0.2) is 0 Å². The second-order valence-electron chi connectivity index (χ2n) is 3.91. The Morgan fingerprint density at radius 2 is 1.75 bits per heavy atom. The predicted octanol–water partition coefficient (Wildman–Crippen LogP) is 2.18. The summed E-state index contributed by atoms with van der Waals surface area (Å²) in [5, 5.41) is 0. The van der Waals surface area contributed by atoms with E-state index < -0.39 is 0 Å². The molecule has 0 rings (SSSR count). The molecule has 2 heteroatoms. The van der Waals surface area contributed by atoms with Gasteiger partial charge >= 0.3 is 0 Å². The minimum atomic E-state index is 0.273. The molecule has 0 unspecified atom stereocenters. The highest BCUT2D eigenvalue weighted by molar-refractivity contribution is 4.51. The Morgan fingerprint density at radius 3 is 2.25 bits per heavy atom. The number of ether oxygens (including phenoxy) is 1. The van der Waals surface area contributed by atoms with Gasteiger partial charge in [-0.25, -0.2) is 0 Å². The van der Waals surface area contributed by atoms with E-state index >= 15 is 0 Å². The van der Waals surface area contributed by atoms with Crippen molar-refractivity contribution in [3.8, 4) is 0 Å². The fourth-order valence-corrected chi connectivity index (χ4v) is 0.965. The number of nitrogens with two attached hydrogens (primary N) is 1. The lowest BCUT2D eigenvalue weighted by Crippen LogP contribution is -2.17. The van der Waals surface area contributed by atoms with Crippen molar-refractivity contribution in [3.05, 3.63) is 0 Å². The largest absolute Gasteiger partial charge is 0.381 e. The third kappa shape index (κ3) is 9.92. The minimum Gasteiger partial charge on any atom is -0.381 e. The van der Waals surface area contributed by atoms with Crippen LogP contribution in [-0.4, -0.2) is 19.3 Å². The molecule has 0 aromatic rings. The summed E-state index contributed by atoms with van der Waals surface area (Å²) in [5.74, 6) is 0.794. The third-order valence-corrected chi connectivity index (χ3v) is 1.79. The normalized spacial score (nSPS) is 13.8. The van der Waals surface area contributed by atoms with Crippen LogP contribution in [0.1, 0.15) is 40.0 Å². The summed E-state index contributed by atoms with van der Waals surface area (Å²) in [6.07, 6.45) is 3.41. The maximum absolute atomic E-state index is 5.58. The van der Waals surface area contributed by atoms with Gasteiger partial charge in [-0.15, -0.1) is 0 Å². The van der Waals surface area contributed by atoms with Crippen LogP contribution < -0.4 is 5.73 Å². The van der Waals surface area contributed by atoms with Crippen LogP contribution in [0.3, 0.4) is 0 Å². The Hall–Kier alpha value is -0.0800. The second kappa shape index (κ2) is 7.56. The van der Waals surface area contributed by atoms with Gasteiger partial charge in [0.25, 0.3) is 0 Å². The summed E-state index contributed by atoms with van der Waals surface area (Å²) in [4.78, 5) is 0. The molecule has 0 amide bonds. The summed E-state index contributed by atoms with van der Waals surface area (Å²) in [5.41, 5.74) is 5.58. The Bertz CT molecular complexity index is 79.8. The van der Waals surface area contributed by atoms with Gasteiger partial charge in [0.2, 0.25) is 0 Å². The van der Waals surface area contributed by atoms with E-state index in [0.29, 0.717) is 0 Å². The molecule has 2 N–H and O–H groups in total. The molecule has 0 radical (unpaired) electrons. The van der Waals surface area contributed by atoms with E-state index in [1.54, 1.807) is 0 Å². The molecule has 0 aliphatic carbocycles. The Morgan fingerprint density at radius 1 is 1.08 bits per heavy atom. The molecule has 0 heterocycles. The van der Waals surface area contributed by atoms with Crippen molar-refractivity contribution in [2.75, 3.05) is 13.2 Å². The summed E-state index contributed by atoms with van der Waals surface area (Å²) < 4.78 is 5.41. The molecular formula is C10H23NO. The summed E-state index contributed by atoms with van der Waals surface area (Å²) in [7, 11) is 0. The third-order valence-electron chi connectivity index (χ3n) is 1.79. The maximum atomic E-state index is 5.58. The van der Waals surface area contributed by atoms with E-state index in [4.69, 9.17) is 10.5 Å². The zero-order valence-electron chi connectivity index (χ0n) is 8.68. The second-order valence-corrected chi connectivity index (χ2v) is 3.91. The first kappa shape index (κ1) is 11.9. The molecule has 0 aromatic heterocycles. The first-order chi connectivity index (χ1) is 5.63. The molecule has 0 bridgehead atoms. The van der Waals surface area contributed by atoms with Gasteiger partial charge in [0.05, 0.1) is 0 Å². The number of rotatable bonds is 7. The molecule has 0 aliphatic rings. The first-order valence-corrected chi connectivity index (χ1v) is 4.96. The standard InChI is InChI=1S/C10H23NO/c1-9(2)5-4-7-12-8-6-10(3)11/h9-10H,4-8,11H2,1-3H3/t10-/m1/s1. The smallest absolute Gasteiger partial charge is 0.0480 e. The van der Waals surface area contributed by atoms with E-state index in [1.807, 2.05) is 6.92 Å². The van der Waals surface area contributed by atoms with Gasteiger partial charge < -0.3 is 10.5 Å². The molecule has 0 spiro atoms. The monoisotopic (exact) mass is 173 g/mol. The van der Waals surface area contributed by atoms with Crippen LogP contribution in [0.5, 0.6) is 0 Å². The van der Waals surface area contributed by atoms with Crippen molar-refractivity contribution in [1.82, 2.24) is 0 Å². The summed E-state index contributed by atoms with van der Waals surface area (Å²) >= 11 is 0. The van der Waals surface area contributed by atoms with E-state index in [0.717, 1.165) is 25.6 Å². The van der Waals surface area contributed by atoms with E-state index in [-0.39, 0.29) is 6.04 Å². The summed E-state index contributed by atoms with van der Waals surface area (Å²) in [6.45, 7) is 8.20. The van der Waals surface area contributed by atoms with Crippen LogP contribution in [0.4, 0.5) is 0 Å². The SMILES string of the molecule is CC(C)CCCOCC[C@@H](C)N. The highest BCUT2D eigenvalue weighted by atomic mass is 16.5. The van der Waals surface area contributed by atoms with Gasteiger partial charge in [-0.2, -0.15) is 0 Å². The minimum absolute atomic E-state index is 0.273.